The molecule has 1 aliphatic heterocycles. The molecule has 4 atom stereocenters. The van der Waals surface area contributed by atoms with Gasteiger partial charge in [-0.05, 0) is 23.9 Å². The van der Waals surface area contributed by atoms with Gasteiger partial charge in [-0.2, -0.15) is 5.10 Å². The molecule has 5 N–H and O–H groups in total. The number of aryl methyl sites for hydroxylation is 1. The van der Waals surface area contributed by atoms with E-state index < -0.39 is 31.1 Å². The van der Waals surface area contributed by atoms with E-state index in [1.54, 1.807) is 0 Å². The molecule has 25 heavy (non-hydrogen) atoms. The van der Waals surface area contributed by atoms with Gasteiger partial charge < -0.3 is 25.8 Å². The topological polar surface area (TPSA) is 140 Å². The fraction of sp³-hybridized carbons (Fsp3) is 0.400. The van der Waals surface area contributed by atoms with Crippen molar-refractivity contribution in [2.24, 2.45) is 0 Å². The highest BCUT2D eigenvalue weighted by atomic mass is 32.1. The van der Waals surface area contributed by atoms with Gasteiger partial charge in [-0.3, -0.25) is 0 Å². The normalized spacial score (nSPS) is 26.6. The number of nitrogens with zero attached hydrogens (tertiary/aromatic N) is 4. The van der Waals surface area contributed by atoms with E-state index in [9.17, 15) is 15.3 Å². The highest BCUT2D eigenvalue weighted by molar-refractivity contribution is 7.13. The first-order valence-corrected chi connectivity index (χ1v) is 8.56. The van der Waals surface area contributed by atoms with E-state index in [4.69, 9.17) is 10.5 Å². The van der Waals surface area contributed by atoms with Crippen LogP contribution in [-0.2, 0) is 4.74 Å². The maximum atomic E-state index is 10.3. The molecule has 0 radical (unpaired) electrons. The van der Waals surface area contributed by atoms with Gasteiger partial charge in [0.05, 0.1) is 16.9 Å². The number of rotatable bonds is 3. The van der Waals surface area contributed by atoms with Gasteiger partial charge in [-0.25, -0.2) is 14.6 Å². The number of anilines is 1. The third kappa shape index (κ3) is 2.50. The molecule has 9 nitrogen and oxygen atoms in total. The summed E-state index contributed by atoms with van der Waals surface area (Å²) in [5.74, 6) is 0.268. The molecule has 0 aliphatic carbocycles. The van der Waals surface area contributed by atoms with E-state index in [0.717, 1.165) is 10.4 Å². The zero-order valence-corrected chi connectivity index (χ0v) is 14.1. The van der Waals surface area contributed by atoms with Crippen LogP contribution in [-0.4, -0.2) is 60.0 Å². The molecule has 132 valence electrons. The minimum absolute atomic E-state index is 0.268. The lowest BCUT2D eigenvalue weighted by Gasteiger charge is -2.15. The summed E-state index contributed by atoms with van der Waals surface area (Å²) in [4.78, 5) is 9.14. The quantitative estimate of drug-likeness (QED) is 0.512. The second kappa shape index (κ2) is 6.00. The van der Waals surface area contributed by atoms with E-state index in [-0.39, 0.29) is 5.82 Å². The summed E-state index contributed by atoms with van der Waals surface area (Å²) in [7, 11) is 0. The molecule has 0 aromatic carbocycles. The van der Waals surface area contributed by atoms with Crippen molar-refractivity contribution in [3.63, 3.8) is 0 Å². The fourth-order valence-corrected chi connectivity index (χ4v) is 3.87. The van der Waals surface area contributed by atoms with Crippen molar-refractivity contribution in [2.45, 2.75) is 31.5 Å². The Morgan fingerprint density at radius 1 is 1.32 bits per heavy atom. The molecule has 4 rings (SSSR count). The number of nitrogens with two attached hydrogens (primary N) is 1. The number of aliphatic hydroxyl groups is 3. The van der Waals surface area contributed by atoms with Crippen LogP contribution in [0.1, 0.15) is 11.8 Å². The first kappa shape index (κ1) is 16.4. The molecule has 0 unspecified atom stereocenters. The van der Waals surface area contributed by atoms with Crippen molar-refractivity contribution in [2.75, 3.05) is 12.3 Å². The molecule has 0 bridgehead atoms. The Bertz CT molecular complexity index is 926. The number of ether oxygens (including phenoxy) is 1. The number of nitrogen functional groups attached to an aromatic ring is 1. The number of thiophene rings is 1. The van der Waals surface area contributed by atoms with Crippen LogP contribution in [0.15, 0.2) is 17.8 Å². The predicted molar refractivity (Wildman–Crippen MR) is 90.8 cm³/mol. The largest absolute Gasteiger partial charge is 0.394 e. The third-order valence-electron chi connectivity index (χ3n) is 4.24. The predicted octanol–water partition coefficient (Wildman–Crippen LogP) is 0.0569. The highest BCUT2D eigenvalue weighted by Gasteiger charge is 2.44. The van der Waals surface area contributed by atoms with Crippen LogP contribution in [0.4, 0.5) is 5.82 Å². The molecule has 3 aromatic rings. The van der Waals surface area contributed by atoms with Crippen LogP contribution >= 0.6 is 11.3 Å². The Hall–Kier alpha value is -2.11. The fourth-order valence-electron chi connectivity index (χ4n) is 2.98. The van der Waals surface area contributed by atoms with Crippen LogP contribution < -0.4 is 5.73 Å². The van der Waals surface area contributed by atoms with E-state index in [1.165, 1.54) is 22.3 Å². The third-order valence-corrected chi connectivity index (χ3v) is 5.30. The van der Waals surface area contributed by atoms with Gasteiger partial charge in [0.25, 0.3) is 0 Å². The van der Waals surface area contributed by atoms with Gasteiger partial charge in [0, 0.05) is 0 Å². The van der Waals surface area contributed by atoms with Gasteiger partial charge in [0.2, 0.25) is 0 Å². The van der Waals surface area contributed by atoms with E-state index >= 15 is 0 Å². The van der Waals surface area contributed by atoms with E-state index in [2.05, 4.69) is 15.1 Å². The summed E-state index contributed by atoms with van der Waals surface area (Å²) >= 11 is 1.51. The Morgan fingerprint density at radius 2 is 2.12 bits per heavy atom. The highest BCUT2D eigenvalue weighted by Crippen LogP contribution is 2.37. The lowest BCUT2D eigenvalue weighted by atomic mass is 10.1. The molecule has 0 saturated carbocycles. The standard InChI is InChI=1S/C15H17N5O4S/c1-6-2-8(25-4-6)10-9-13(16)17-5-18-14(9)20(19-10)15-12(23)11(22)7(3-21)24-15/h2,4-5,7,11-12,15,21-23H,3H2,1H3,(H2,16,17,18)/t7-,11-,12-,15-/m1/s1. The van der Waals surface area contributed by atoms with Crippen LogP contribution in [0.5, 0.6) is 0 Å². The molecule has 1 saturated heterocycles. The van der Waals surface area contributed by atoms with E-state index in [1.807, 2.05) is 18.4 Å². The summed E-state index contributed by atoms with van der Waals surface area (Å²) in [5.41, 5.74) is 8.10. The number of fused-ring (bicyclic) bond motifs is 1. The molecule has 1 aliphatic rings. The zero-order chi connectivity index (χ0) is 17.7. The molecule has 0 spiro atoms. The minimum Gasteiger partial charge on any atom is -0.394 e. The molecule has 10 heteroatoms. The van der Waals surface area contributed by atoms with E-state index in [0.29, 0.717) is 16.7 Å². The lowest BCUT2D eigenvalue weighted by molar-refractivity contribution is -0.0565. The van der Waals surface area contributed by atoms with Crippen molar-refractivity contribution in [3.8, 4) is 10.6 Å². The first-order valence-electron chi connectivity index (χ1n) is 7.68. The summed E-state index contributed by atoms with van der Waals surface area (Å²) in [6.45, 7) is 1.56. The zero-order valence-electron chi connectivity index (χ0n) is 13.3. The average Bonchev–Trinajstić information content (AvgIpc) is 3.26. The monoisotopic (exact) mass is 363 g/mol. The summed E-state index contributed by atoms with van der Waals surface area (Å²) in [5, 5.41) is 36.7. The van der Waals surface area contributed by atoms with Gasteiger partial charge in [0.15, 0.2) is 11.9 Å². The first-order chi connectivity index (χ1) is 12.0. The van der Waals surface area contributed by atoms with Crippen LogP contribution in [0.3, 0.4) is 0 Å². The van der Waals surface area contributed by atoms with Crippen molar-refractivity contribution in [1.82, 2.24) is 19.7 Å². The Kier molecular flexibility index (Phi) is 3.93. The number of aliphatic hydroxyl groups excluding tert-OH is 3. The van der Waals surface area contributed by atoms with Crippen molar-refractivity contribution in [3.05, 3.63) is 23.3 Å². The van der Waals surface area contributed by atoms with Crippen LogP contribution in [0.2, 0.25) is 0 Å². The molecule has 3 aromatic heterocycles. The van der Waals surface area contributed by atoms with Crippen molar-refractivity contribution in [1.29, 1.82) is 0 Å². The second-order valence-electron chi connectivity index (χ2n) is 5.97. The maximum absolute atomic E-state index is 10.3. The van der Waals surface area contributed by atoms with Gasteiger partial charge in [-0.15, -0.1) is 11.3 Å². The van der Waals surface area contributed by atoms with Crippen LogP contribution in [0.25, 0.3) is 21.6 Å². The Labute approximate surface area is 146 Å². The number of hydrogen-bond donors (Lipinski definition) is 4. The SMILES string of the molecule is Cc1csc(-c2nn([C@@H]3O[C@H](CO)[C@@H](O)[C@H]3O)c3ncnc(N)c23)c1. The summed E-state index contributed by atoms with van der Waals surface area (Å²) in [6.07, 6.45) is -3.06. The second-order valence-corrected chi connectivity index (χ2v) is 6.88. The molecule has 1 fully saturated rings. The van der Waals surface area contributed by atoms with Gasteiger partial charge in [-0.1, -0.05) is 0 Å². The maximum Gasteiger partial charge on any atom is 0.181 e. The Morgan fingerprint density at radius 3 is 2.76 bits per heavy atom. The van der Waals surface area contributed by atoms with Crippen LogP contribution in [0, 0.1) is 6.92 Å². The van der Waals surface area contributed by atoms with Crippen molar-refractivity contribution < 1.29 is 20.1 Å². The molecular formula is C15H17N5O4S. The summed E-state index contributed by atoms with van der Waals surface area (Å²) in [6, 6.07) is 1.97. The molecule has 0 amide bonds. The smallest absolute Gasteiger partial charge is 0.181 e. The number of hydrogen-bond acceptors (Lipinski definition) is 9. The van der Waals surface area contributed by atoms with Gasteiger partial charge >= 0.3 is 0 Å². The molecule has 4 heterocycles. The average molecular weight is 363 g/mol. The van der Waals surface area contributed by atoms with Gasteiger partial charge in [0.1, 0.15) is 36.2 Å². The number of aromatic nitrogens is 4. The minimum atomic E-state index is -1.26. The molecular weight excluding hydrogens is 346 g/mol. The summed E-state index contributed by atoms with van der Waals surface area (Å²) < 4.78 is 6.97. The lowest BCUT2D eigenvalue weighted by Crippen LogP contribution is -2.33. The Balaban J connectivity index is 1.90. The van der Waals surface area contributed by atoms with Crippen molar-refractivity contribution >= 4 is 28.2 Å².